The molecule has 12 heteroatoms. The van der Waals surface area contributed by atoms with E-state index in [1.165, 1.54) is 39.8 Å². The van der Waals surface area contributed by atoms with E-state index in [1.807, 2.05) is 32.1 Å². The van der Waals surface area contributed by atoms with Gasteiger partial charge in [0.1, 0.15) is 17.5 Å². The van der Waals surface area contributed by atoms with E-state index in [4.69, 9.17) is 14.2 Å². The lowest BCUT2D eigenvalue weighted by Gasteiger charge is -2.54. The van der Waals surface area contributed by atoms with Crippen LogP contribution in [0.5, 0.6) is 0 Å². The van der Waals surface area contributed by atoms with E-state index in [-0.39, 0.29) is 30.0 Å². The SMILES string of the molecule is CC[C@@H]1C=CC=CC[C@H](C)[C@@H](O)[C@](C)(O)C(=O)[C@H](C)[C@@H](O)[C@H](C)C(=O)[C@H](C)[C@@H](O)[C@H](C)C=CC(=O)O[C@H]2[C@@H](C)[C@@H](CC1)O[C@]1(O[C@H](CC(C)O)[C@H](C)CC1=O)[C@@H]2C. The summed E-state index contributed by atoms with van der Waals surface area (Å²) < 4.78 is 19.4. The van der Waals surface area contributed by atoms with Crippen molar-refractivity contribution in [3.8, 4) is 0 Å². The third-order valence-corrected chi connectivity index (χ3v) is 13.2. The van der Waals surface area contributed by atoms with Gasteiger partial charge >= 0.3 is 5.97 Å². The van der Waals surface area contributed by atoms with Crippen LogP contribution in [-0.4, -0.2) is 103 Å². The quantitative estimate of drug-likeness (QED) is 0.238. The number of ketones is 3. The number of esters is 1. The molecular weight excluding hydrogens is 732 g/mol. The van der Waals surface area contributed by atoms with Crippen molar-refractivity contribution < 1.29 is 58.9 Å². The van der Waals surface area contributed by atoms with Gasteiger partial charge in [-0.3, -0.25) is 14.4 Å². The average Bonchev–Trinajstić information content (AvgIpc) is 3.16. The number of fused-ring (bicyclic) bond motifs is 2. The molecule has 2 fully saturated rings. The van der Waals surface area contributed by atoms with Crippen LogP contribution < -0.4 is 0 Å². The summed E-state index contributed by atoms with van der Waals surface area (Å²) >= 11 is 0. The van der Waals surface area contributed by atoms with E-state index in [0.717, 1.165) is 6.42 Å². The molecule has 3 heterocycles. The Hall–Kier alpha value is -2.58. The highest BCUT2D eigenvalue weighted by molar-refractivity contribution is 5.91. The third kappa shape index (κ3) is 11.4. The normalized spacial score (nSPS) is 44.5. The summed E-state index contributed by atoms with van der Waals surface area (Å²) in [5, 5.41) is 55.0. The highest BCUT2D eigenvalue weighted by atomic mass is 16.7. The zero-order chi connectivity index (χ0) is 43.2. The van der Waals surface area contributed by atoms with Gasteiger partial charge in [-0.15, -0.1) is 0 Å². The van der Waals surface area contributed by atoms with Gasteiger partial charge < -0.3 is 39.7 Å². The van der Waals surface area contributed by atoms with Crippen molar-refractivity contribution >= 4 is 23.3 Å². The van der Waals surface area contributed by atoms with Gasteiger partial charge in [-0.1, -0.05) is 92.7 Å². The molecule has 0 saturated carbocycles. The molecule has 3 aliphatic rings. The van der Waals surface area contributed by atoms with Crippen LogP contribution in [0, 0.1) is 53.3 Å². The van der Waals surface area contributed by atoms with Gasteiger partial charge in [0, 0.05) is 42.1 Å². The number of hydrogen-bond donors (Lipinski definition) is 5. The molecule has 2 saturated heterocycles. The summed E-state index contributed by atoms with van der Waals surface area (Å²) in [7, 11) is 0. The Kier molecular flexibility index (Phi) is 17.6. The van der Waals surface area contributed by atoms with Crippen LogP contribution in [-0.2, 0) is 33.4 Å². The van der Waals surface area contributed by atoms with Crippen molar-refractivity contribution in [3.63, 3.8) is 0 Å². The Morgan fingerprint density at radius 2 is 1.47 bits per heavy atom. The van der Waals surface area contributed by atoms with Gasteiger partial charge in [-0.2, -0.15) is 0 Å². The monoisotopic (exact) mass is 805 g/mol. The van der Waals surface area contributed by atoms with E-state index >= 15 is 0 Å². The zero-order valence-corrected chi connectivity index (χ0v) is 36.0. The molecular formula is C45H72O12. The fourth-order valence-corrected chi connectivity index (χ4v) is 8.91. The van der Waals surface area contributed by atoms with Crippen molar-refractivity contribution in [3.05, 3.63) is 36.5 Å². The minimum absolute atomic E-state index is 0.132. The molecule has 0 radical (unpaired) electrons. The van der Waals surface area contributed by atoms with Crippen LogP contribution in [0.2, 0.25) is 0 Å². The van der Waals surface area contributed by atoms with Crippen molar-refractivity contribution in [1.82, 2.24) is 0 Å². The van der Waals surface area contributed by atoms with Crippen molar-refractivity contribution in [1.29, 1.82) is 0 Å². The molecule has 5 N–H and O–H groups in total. The number of aliphatic hydroxyl groups excluding tert-OH is 4. The fraction of sp³-hybridized carbons (Fsp3) is 0.778. The molecule has 0 aliphatic carbocycles. The molecule has 0 aromatic heterocycles. The minimum atomic E-state index is -2.21. The Labute approximate surface area is 340 Å². The van der Waals surface area contributed by atoms with Crippen molar-refractivity contribution in [2.24, 2.45) is 53.3 Å². The van der Waals surface area contributed by atoms with E-state index in [0.29, 0.717) is 25.7 Å². The minimum Gasteiger partial charge on any atom is -0.458 e. The first-order valence-electron chi connectivity index (χ1n) is 21.1. The first kappa shape index (κ1) is 48.8. The smallest absolute Gasteiger partial charge is 0.330 e. The zero-order valence-electron chi connectivity index (χ0n) is 36.0. The summed E-state index contributed by atoms with van der Waals surface area (Å²) in [4.78, 5) is 54.5. The molecule has 0 aromatic carbocycles. The number of rotatable bonds is 3. The van der Waals surface area contributed by atoms with Crippen LogP contribution >= 0.6 is 0 Å². The Morgan fingerprint density at radius 1 is 0.842 bits per heavy atom. The Bertz CT molecular complexity index is 1470. The molecule has 1 spiro atoms. The summed E-state index contributed by atoms with van der Waals surface area (Å²) in [6, 6.07) is 0. The van der Waals surface area contributed by atoms with E-state index in [1.54, 1.807) is 27.7 Å². The van der Waals surface area contributed by atoms with Crippen molar-refractivity contribution in [2.45, 2.75) is 169 Å². The molecule has 324 valence electrons. The molecule has 3 aliphatic heterocycles. The summed E-state index contributed by atoms with van der Waals surface area (Å²) in [6.07, 6.45) is 6.53. The first-order chi connectivity index (χ1) is 26.5. The van der Waals surface area contributed by atoms with Crippen LogP contribution in [0.4, 0.5) is 0 Å². The summed E-state index contributed by atoms with van der Waals surface area (Å²) in [5.74, 6) is -9.55. The van der Waals surface area contributed by atoms with E-state index in [9.17, 15) is 44.7 Å². The van der Waals surface area contributed by atoms with Crippen molar-refractivity contribution in [2.75, 3.05) is 0 Å². The Balaban J connectivity index is 2.02. The maximum Gasteiger partial charge on any atom is 0.330 e. The fourth-order valence-electron chi connectivity index (χ4n) is 8.91. The maximum absolute atomic E-state index is 14.0. The molecule has 2 bridgehead atoms. The number of Topliss-reactive ketones (excluding diaryl/α,β-unsaturated/α-hetero) is 3. The first-order valence-corrected chi connectivity index (χ1v) is 21.1. The molecule has 12 nitrogen and oxygen atoms in total. The topological polar surface area (TPSA) is 197 Å². The lowest BCUT2D eigenvalue weighted by molar-refractivity contribution is -0.344. The lowest BCUT2D eigenvalue weighted by Crippen LogP contribution is -2.66. The molecule has 57 heavy (non-hydrogen) atoms. The molecule has 0 amide bonds. The highest BCUT2D eigenvalue weighted by Gasteiger charge is 2.61. The molecule has 3 rings (SSSR count). The predicted molar refractivity (Wildman–Crippen MR) is 215 cm³/mol. The lowest BCUT2D eigenvalue weighted by atomic mass is 9.74. The van der Waals surface area contributed by atoms with E-state index in [2.05, 4.69) is 13.0 Å². The van der Waals surface area contributed by atoms with Crippen LogP contribution in [0.3, 0.4) is 0 Å². The Morgan fingerprint density at radius 3 is 2.09 bits per heavy atom. The van der Waals surface area contributed by atoms with Crippen LogP contribution in [0.25, 0.3) is 0 Å². The summed E-state index contributed by atoms with van der Waals surface area (Å²) in [6.45, 7) is 18.3. The third-order valence-electron chi connectivity index (χ3n) is 13.2. The number of hydrogen-bond acceptors (Lipinski definition) is 12. The average molecular weight is 805 g/mol. The van der Waals surface area contributed by atoms with Crippen LogP contribution in [0.1, 0.15) is 115 Å². The molecule has 1 unspecified atom stereocenters. The molecule has 0 aromatic rings. The second-order valence-electron chi connectivity index (χ2n) is 17.9. The van der Waals surface area contributed by atoms with Gasteiger partial charge in [-0.05, 0) is 63.7 Å². The number of carbonyl (C=O) groups is 4. The maximum atomic E-state index is 14.0. The number of aliphatic hydroxyl groups is 5. The number of allylic oxidation sites excluding steroid dienone is 4. The highest BCUT2D eigenvalue weighted by Crippen LogP contribution is 2.47. The van der Waals surface area contributed by atoms with Crippen LogP contribution in [0.15, 0.2) is 36.5 Å². The second kappa shape index (κ2) is 20.6. The van der Waals surface area contributed by atoms with Gasteiger partial charge in [-0.25, -0.2) is 4.79 Å². The predicted octanol–water partition coefficient (Wildman–Crippen LogP) is 5.06. The number of carbonyl (C=O) groups excluding carboxylic acids is 4. The standard InChI is InChI=1S/C45H72O12/c1-12-33-17-15-13-14-16-25(3)42(52)44(11,54)43(53)31(9)40(51)30(8)39(50)29(7)38(49)24(2)18-21-37(48)55-41-28(6)34(20-19-33)56-45(32(41)10)36(47)22-26(4)35(57-45)23-27(5)46/h13-15,17-18,21,24-35,38,40-42,46,49,51-52,54H,12,16,19-20,22-23H2,1-11H3/t24-,25+,26-,27?,28+,29-,30-,31-,32-,33-,34-,35-,38+,40+,41+,42-,44+,45+/m1/s1. The van der Waals surface area contributed by atoms with Gasteiger partial charge in [0.05, 0.1) is 42.5 Å². The molecule has 18 atom stereocenters. The van der Waals surface area contributed by atoms with E-state index < -0.39 is 107 Å². The van der Waals surface area contributed by atoms with Gasteiger partial charge in [0.15, 0.2) is 11.6 Å². The van der Waals surface area contributed by atoms with Gasteiger partial charge in [0.25, 0.3) is 0 Å². The second-order valence-corrected chi connectivity index (χ2v) is 17.9. The number of ether oxygens (including phenoxy) is 3. The van der Waals surface area contributed by atoms with Gasteiger partial charge in [0.2, 0.25) is 5.79 Å². The largest absolute Gasteiger partial charge is 0.458 e. The summed E-state index contributed by atoms with van der Waals surface area (Å²) in [5.41, 5.74) is -2.21.